The second-order valence-corrected chi connectivity index (χ2v) is 6.70. The molecule has 4 aromatic rings. The van der Waals surface area contributed by atoms with Gasteiger partial charge in [-0.25, -0.2) is 14.8 Å². The molecule has 6 nitrogen and oxygen atoms in total. The zero-order valence-electron chi connectivity index (χ0n) is 13.0. The van der Waals surface area contributed by atoms with Crippen molar-refractivity contribution in [2.24, 2.45) is 0 Å². The van der Waals surface area contributed by atoms with E-state index in [1.54, 1.807) is 36.4 Å². The fourth-order valence-electron chi connectivity index (χ4n) is 2.89. The highest BCUT2D eigenvalue weighted by molar-refractivity contribution is 9.10. The van der Waals surface area contributed by atoms with E-state index in [1.807, 2.05) is 0 Å². The molecule has 0 fully saturated rings. The van der Waals surface area contributed by atoms with Crippen LogP contribution < -0.4 is 5.56 Å². The van der Waals surface area contributed by atoms with E-state index >= 15 is 0 Å². The molecule has 0 bridgehead atoms. The van der Waals surface area contributed by atoms with Crippen LogP contribution in [0.3, 0.4) is 0 Å². The average molecular weight is 431 g/mol. The summed E-state index contributed by atoms with van der Waals surface area (Å²) >= 11 is 9.46. The Labute approximate surface area is 159 Å². The summed E-state index contributed by atoms with van der Waals surface area (Å²) in [5.41, 5.74) is -0.180. The van der Waals surface area contributed by atoms with Gasteiger partial charge >= 0.3 is 5.97 Å². The van der Waals surface area contributed by atoms with Crippen molar-refractivity contribution in [2.45, 2.75) is 0 Å². The number of nitrogens with zero attached hydrogens (tertiary/aromatic N) is 3. The molecule has 4 rings (SSSR count). The Bertz CT molecular complexity index is 1270. The number of aromatic nitrogens is 3. The van der Waals surface area contributed by atoms with Crippen molar-refractivity contribution >= 4 is 55.3 Å². The number of fused-ring (bicyclic) bond motifs is 2. The topological polar surface area (TPSA) is 85.1 Å². The monoisotopic (exact) mass is 429 g/mol. The Balaban J connectivity index is 2.23. The number of halogens is 2. The highest BCUT2D eigenvalue weighted by Gasteiger charge is 2.18. The minimum absolute atomic E-state index is 0.297. The third-order valence-electron chi connectivity index (χ3n) is 4.02. The van der Waals surface area contributed by atoms with Gasteiger partial charge in [-0.2, -0.15) is 0 Å². The number of rotatable bonds is 2. The normalized spacial score (nSPS) is 11.2. The molecule has 0 saturated heterocycles. The van der Waals surface area contributed by atoms with Gasteiger partial charge in [-0.05, 0) is 46.3 Å². The van der Waals surface area contributed by atoms with Gasteiger partial charge in [0.15, 0.2) is 0 Å². The van der Waals surface area contributed by atoms with Gasteiger partial charge in [0.1, 0.15) is 21.0 Å². The molecule has 0 aliphatic rings. The van der Waals surface area contributed by atoms with Crippen molar-refractivity contribution < 1.29 is 9.90 Å². The number of benzene rings is 1. The molecule has 1 aromatic carbocycles. The van der Waals surface area contributed by atoms with E-state index in [1.165, 1.54) is 16.8 Å². The number of aromatic carboxylic acids is 1. The molecule has 0 aliphatic heterocycles. The van der Waals surface area contributed by atoms with Crippen LogP contribution in [0.1, 0.15) is 10.4 Å². The third kappa shape index (κ3) is 2.56. The quantitative estimate of drug-likeness (QED) is 0.485. The number of carbonyl (C=O) groups is 1. The van der Waals surface area contributed by atoms with Crippen LogP contribution in [0.25, 0.3) is 27.5 Å². The summed E-state index contributed by atoms with van der Waals surface area (Å²) in [5.74, 6) is -1.30. The smallest absolute Gasteiger partial charge is 0.341 e. The standard InChI is InChI=1S/C18H9BrClN3O3/c19-14-5-4-9-8-12(18(25)26)17(24)23(16(9)22-14)13-3-1-2-11-10(13)6-7-21-15(11)20/h1-8H,(H,25,26). The zero-order valence-corrected chi connectivity index (χ0v) is 15.3. The van der Waals surface area contributed by atoms with Gasteiger partial charge in [-0.3, -0.25) is 9.36 Å². The SMILES string of the molecule is O=C(O)c1cc2ccc(Br)nc2n(-c2cccc3c(Cl)nccc23)c1=O. The van der Waals surface area contributed by atoms with Crippen molar-refractivity contribution in [1.29, 1.82) is 0 Å². The number of carboxylic acids is 1. The number of pyridine rings is 3. The predicted molar refractivity (Wildman–Crippen MR) is 102 cm³/mol. The molecule has 0 spiro atoms. The van der Waals surface area contributed by atoms with E-state index in [0.717, 1.165) is 0 Å². The van der Waals surface area contributed by atoms with Crippen LogP contribution in [0.5, 0.6) is 0 Å². The highest BCUT2D eigenvalue weighted by Crippen LogP contribution is 2.28. The number of hydrogen-bond acceptors (Lipinski definition) is 4. The lowest BCUT2D eigenvalue weighted by molar-refractivity contribution is 0.0695. The Morgan fingerprint density at radius 3 is 2.73 bits per heavy atom. The molecule has 3 aromatic heterocycles. The van der Waals surface area contributed by atoms with E-state index in [2.05, 4.69) is 25.9 Å². The third-order valence-corrected chi connectivity index (χ3v) is 4.77. The van der Waals surface area contributed by atoms with Crippen molar-refractivity contribution in [1.82, 2.24) is 14.5 Å². The van der Waals surface area contributed by atoms with Gasteiger partial charge in [0.25, 0.3) is 5.56 Å². The summed E-state index contributed by atoms with van der Waals surface area (Å²) in [6.07, 6.45) is 1.53. The first-order chi connectivity index (χ1) is 12.5. The molecule has 8 heteroatoms. The molecular formula is C18H9BrClN3O3. The average Bonchev–Trinajstić information content (AvgIpc) is 2.61. The first-order valence-electron chi connectivity index (χ1n) is 7.46. The molecular weight excluding hydrogens is 422 g/mol. The molecule has 26 heavy (non-hydrogen) atoms. The Morgan fingerprint density at radius 1 is 1.15 bits per heavy atom. The minimum atomic E-state index is -1.30. The largest absolute Gasteiger partial charge is 0.477 e. The maximum absolute atomic E-state index is 12.9. The van der Waals surface area contributed by atoms with E-state index in [9.17, 15) is 14.7 Å². The summed E-state index contributed by atoms with van der Waals surface area (Å²) in [7, 11) is 0. The Hall–Kier alpha value is -2.77. The molecule has 0 unspecified atom stereocenters. The van der Waals surface area contributed by atoms with Crippen LogP contribution >= 0.6 is 27.5 Å². The molecule has 128 valence electrons. The number of carboxylic acid groups (broad SMARTS) is 1. The fraction of sp³-hybridized carbons (Fsp3) is 0. The van der Waals surface area contributed by atoms with Gasteiger partial charge < -0.3 is 5.11 Å². The van der Waals surface area contributed by atoms with Gasteiger partial charge in [-0.15, -0.1) is 0 Å². The van der Waals surface area contributed by atoms with Crippen molar-refractivity contribution in [3.05, 3.63) is 74.3 Å². The highest BCUT2D eigenvalue weighted by atomic mass is 79.9. The van der Waals surface area contributed by atoms with Crippen LogP contribution in [0.2, 0.25) is 5.15 Å². The molecule has 1 N–H and O–H groups in total. The lowest BCUT2D eigenvalue weighted by atomic mass is 10.1. The Morgan fingerprint density at radius 2 is 1.96 bits per heavy atom. The first-order valence-corrected chi connectivity index (χ1v) is 8.63. The van der Waals surface area contributed by atoms with Crippen LogP contribution in [-0.4, -0.2) is 25.6 Å². The summed E-state index contributed by atoms with van der Waals surface area (Å²) in [5, 5.41) is 11.6. The van der Waals surface area contributed by atoms with E-state index in [4.69, 9.17) is 11.6 Å². The zero-order chi connectivity index (χ0) is 18.4. The van der Waals surface area contributed by atoms with Crippen LogP contribution in [0.15, 0.2) is 58.1 Å². The predicted octanol–water partition coefficient (Wildman–Crippen LogP) is 4.05. The second-order valence-electron chi connectivity index (χ2n) is 5.52. The van der Waals surface area contributed by atoms with Gasteiger partial charge in [0.05, 0.1) is 5.69 Å². The fourth-order valence-corrected chi connectivity index (χ4v) is 3.41. The molecule has 3 heterocycles. The maximum Gasteiger partial charge on any atom is 0.341 e. The van der Waals surface area contributed by atoms with Gasteiger partial charge in [0.2, 0.25) is 0 Å². The maximum atomic E-state index is 12.9. The molecule has 0 radical (unpaired) electrons. The number of hydrogen-bond donors (Lipinski definition) is 1. The molecule has 0 atom stereocenters. The van der Waals surface area contributed by atoms with E-state index in [-0.39, 0.29) is 5.56 Å². The molecule has 0 saturated carbocycles. The van der Waals surface area contributed by atoms with Crippen LogP contribution in [0.4, 0.5) is 0 Å². The van der Waals surface area contributed by atoms with E-state index in [0.29, 0.717) is 37.2 Å². The summed E-state index contributed by atoms with van der Waals surface area (Å²) in [4.78, 5) is 32.9. The van der Waals surface area contributed by atoms with Crippen molar-refractivity contribution in [2.75, 3.05) is 0 Å². The second kappa shape index (κ2) is 6.19. The summed E-state index contributed by atoms with van der Waals surface area (Å²) in [6.45, 7) is 0. The lowest BCUT2D eigenvalue weighted by Crippen LogP contribution is -2.26. The van der Waals surface area contributed by atoms with E-state index < -0.39 is 11.5 Å². The Kier molecular flexibility index (Phi) is 3.97. The van der Waals surface area contributed by atoms with Crippen LogP contribution in [0, 0.1) is 0 Å². The lowest BCUT2D eigenvalue weighted by Gasteiger charge is -2.14. The molecule has 0 amide bonds. The first kappa shape index (κ1) is 16.7. The van der Waals surface area contributed by atoms with Crippen LogP contribution in [-0.2, 0) is 0 Å². The van der Waals surface area contributed by atoms with Gasteiger partial charge in [0, 0.05) is 22.4 Å². The van der Waals surface area contributed by atoms with Crippen molar-refractivity contribution in [3.8, 4) is 5.69 Å². The van der Waals surface area contributed by atoms with Gasteiger partial charge in [-0.1, -0.05) is 23.7 Å². The van der Waals surface area contributed by atoms with Crippen molar-refractivity contribution in [3.63, 3.8) is 0 Å². The molecule has 0 aliphatic carbocycles. The summed E-state index contributed by atoms with van der Waals surface area (Å²) in [6, 6.07) is 11.7. The summed E-state index contributed by atoms with van der Waals surface area (Å²) < 4.78 is 1.82. The minimum Gasteiger partial charge on any atom is -0.477 e.